The molecule has 23 heavy (non-hydrogen) atoms. The van der Waals surface area contributed by atoms with E-state index in [0.717, 1.165) is 41.9 Å². The normalized spacial score (nSPS) is 11.4. The fourth-order valence-electron chi connectivity index (χ4n) is 2.78. The molecule has 0 spiro atoms. The van der Waals surface area contributed by atoms with E-state index in [9.17, 15) is 0 Å². The molecule has 1 heterocycles. The smallest absolute Gasteiger partial charge is 0.227 e. The summed E-state index contributed by atoms with van der Waals surface area (Å²) in [4.78, 5) is 4.68. The summed E-state index contributed by atoms with van der Waals surface area (Å²) in [5.74, 6) is 0.595. The van der Waals surface area contributed by atoms with Gasteiger partial charge >= 0.3 is 0 Å². The van der Waals surface area contributed by atoms with Crippen molar-refractivity contribution >= 4 is 59.4 Å². The van der Waals surface area contributed by atoms with Crippen molar-refractivity contribution in [1.82, 2.24) is 4.98 Å². The third kappa shape index (κ3) is 2.18. The summed E-state index contributed by atoms with van der Waals surface area (Å²) in [6, 6.07) is 14.3. The standard InChI is InChI=1S/C18H12Br2N2O/c1-9-13(19)15(21)14(20)16-17(9)23-18(22-16)12-8-4-6-10-5-2-3-7-11(10)12/h2-8H,21H2,1H3. The summed E-state index contributed by atoms with van der Waals surface area (Å²) in [6.45, 7) is 1.97. The number of fused-ring (bicyclic) bond motifs is 2. The number of aromatic nitrogens is 1. The molecule has 4 rings (SSSR count). The zero-order chi connectivity index (χ0) is 16.1. The van der Waals surface area contributed by atoms with Gasteiger partial charge in [0.05, 0.1) is 10.2 Å². The van der Waals surface area contributed by atoms with Gasteiger partial charge in [-0.15, -0.1) is 0 Å². The van der Waals surface area contributed by atoms with Crippen LogP contribution in [0.15, 0.2) is 55.8 Å². The molecule has 0 saturated carbocycles. The molecule has 1 aromatic heterocycles. The molecule has 0 aliphatic rings. The van der Waals surface area contributed by atoms with Crippen molar-refractivity contribution < 1.29 is 4.42 Å². The number of anilines is 1. The van der Waals surface area contributed by atoms with E-state index in [2.05, 4.69) is 55.0 Å². The van der Waals surface area contributed by atoms with Gasteiger partial charge in [0.2, 0.25) is 5.89 Å². The molecule has 0 atom stereocenters. The van der Waals surface area contributed by atoms with E-state index in [1.165, 1.54) is 0 Å². The topological polar surface area (TPSA) is 52.0 Å². The third-order valence-corrected chi connectivity index (χ3v) is 5.82. The van der Waals surface area contributed by atoms with E-state index in [-0.39, 0.29) is 0 Å². The largest absolute Gasteiger partial charge is 0.436 e. The summed E-state index contributed by atoms with van der Waals surface area (Å²) in [6.07, 6.45) is 0. The molecule has 2 N–H and O–H groups in total. The summed E-state index contributed by atoms with van der Waals surface area (Å²) < 4.78 is 7.66. The monoisotopic (exact) mass is 430 g/mol. The molecular weight excluding hydrogens is 420 g/mol. The van der Waals surface area contributed by atoms with E-state index in [1.54, 1.807) is 0 Å². The molecule has 3 nitrogen and oxygen atoms in total. The van der Waals surface area contributed by atoms with Crippen molar-refractivity contribution in [3.05, 3.63) is 57.0 Å². The Kier molecular flexibility index (Phi) is 3.43. The van der Waals surface area contributed by atoms with Crippen molar-refractivity contribution in [2.75, 3.05) is 5.73 Å². The van der Waals surface area contributed by atoms with E-state index in [4.69, 9.17) is 10.2 Å². The van der Waals surface area contributed by atoms with Crippen LogP contribution >= 0.6 is 31.9 Å². The van der Waals surface area contributed by atoms with Crippen LogP contribution in [-0.2, 0) is 0 Å². The molecule has 0 bridgehead atoms. The maximum Gasteiger partial charge on any atom is 0.227 e. The van der Waals surface area contributed by atoms with Crippen molar-refractivity contribution in [2.24, 2.45) is 0 Å². The van der Waals surface area contributed by atoms with Crippen LogP contribution in [0.3, 0.4) is 0 Å². The number of benzene rings is 3. The van der Waals surface area contributed by atoms with Crippen LogP contribution in [0.1, 0.15) is 5.56 Å². The number of hydrogen-bond acceptors (Lipinski definition) is 3. The van der Waals surface area contributed by atoms with Crippen LogP contribution in [-0.4, -0.2) is 4.98 Å². The quantitative estimate of drug-likeness (QED) is 0.372. The van der Waals surface area contributed by atoms with Gasteiger partial charge in [0.15, 0.2) is 5.58 Å². The molecular formula is C18H12Br2N2O. The number of rotatable bonds is 1. The molecule has 0 radical (unpaired) electrons. The fraction of sp³-hybridized carbons (Fsp3) is 0.0556. The summed E-state index contributed by atoms with van der Waals surface area (Å²) in [5, 5.41) is 2.27. The molecule has 0 amide bonds. The SMILES string of the molecule is Cc1c(Br)c(N)c(Br)c2nc(-c3cccc4ccccc34)oc12. The van der Waals surface area contributed by atoms with Crippen molar-refractivity contribution in [1.29, 1.82) is 0 Å². The van der Waals surface area contributed by atoms with Gasteiger partial charge in [-0.3, -0.25) is 0 Å². The number of nitrogen functional groups attached to an aromatic ring is 1. The van der Waals surface area contributed by atoms with Crippen LogP contribution in [0.4, 0.5) is 5.69 Å². The fourth-order valence-corrected chi connectivity index (χ4v) is 3.89. The van der Waals surface area contributed by atoms with Crippen molar-refractivity contribution in [3.8, 4) is 11.5 Å². The summed E-state index contributed by atoms with van der Waals surface area (Å²) in [5.41, 5.74) is 10.1. The second-order valence-electron chi connectivity index (χ2n) is 5.39. The molecule has 5 heteroatoms. The number of nitrogens with zero attached hydrogens (tertiary/aromatic N) is 1. The van der Waals surface area contributed by atoms with E-state index < -0.39 is 0 Å². The first-order valence-electron chi connectivity index (χ1n) is 7.09. The van der Waals surface area contributed by atoms with Crippen LogP contribution in [0.25, 0.3) is 33.3 Å². The molecule has 0 aliphatic carbocycles. The maximum atomic E-state index is 6.11. The molecule has 0 saturated heterocycles. The first-order chi connectivity index (χ1) is 11.1. The minimum atomic E-state index is 0.595. The first-order valence-corrected chi connectivity index (χ1v) is 8.68. The number of halogens is 2. The van der Waals surface area contributed by atoms with Crippen LogP contribution in [0.2, 0.25) is 0 Å². The number of aryl methyl sites for hydroxylation is 1. The van der Waals surface area contributed by atoms with Crippen molar-refractivity contribution in [2.45, 2.75) is 6.92 Å². The first kappa shape index (κ1) is 14.7. The van der Waals surface area contributed by atoms with Gasteiger partial charge in [-0.25, -0.2) is 4.98 Å². The summed E-state index contributed by atoms with van der Waals surface area (Å²) >= 11 is 7.04. The van der Waals surface area contributed by atoms with Gasteiger partial charge in [0.1, 0.15) is 5.52 Å². The lowest BCUT2D eigenvalue weighted by Gasteiger charge is -2.05. The van der Waals surface area contributed by atoms with Gasteiger partial charge in [-0.2, -0.15) is 0 Å². The lowest BCUT2D eigenvalue weighted by molar-refractivity contribution is 0.618. The lowest BCUT2D eigenvalue weighted by atomic mass is 10.0. The van der Waals surface area contributed by atoms with E-state index in [1.807, 2.05) is 31.2 Å². The minimum Gasteiger partial charge on any atom is -0.436 e. The third-order valence-electron chi connectivity index (χ3n) is 4.00. The zero-order valence-electron chi connectivity index (χ0n) is 12.2. The second kappa shape index (κ2) is 5.35. The Labute approximate surface area is 149 Å². The van der Waals surface area contributed by atoms with Gasteiger partial charge < -0.3 is 10.2 Å². The van der Waals surface area contributed by atoms with Crippen LogP contribution in [0, 0.1) is 6.92 Å². The average Bonchev–Trinajstić information content (AvgIpc) is 3.03. The molecule has 3 aromatic carbocycles. The van der Waals surface area contributed by atoms with E-state index >= 15 is 0 Å². The van der Waals surface area contributed by atoms with Crippen LogP contribution in [0.5, 0.6) is 0 Å². The number of nitrogens with two attached hydrogens (primary N) is 1. The predicted octanol–water partition coefficient (Wildman–Crippen LogP) is 6.06. The Morgan fingerprint density at radius 3 is 2.57 bits per heavy atom. The highest BCUT2D eigenvalue weighted by molar-refractivity contribution is 9.11. The Balaban J connectivity index is 2.07. The van der Waals surface area contributed by atoms with Gasteiger partial charge in [0.25, 0.3) is 0 Å². The highest BCUT2D eigenvalue weighted by Crippen LogP contribution is 2.41. The zero-order valence-corrected chi connectivity index (χ0v) is 15.4. The molecule has 0 unspecified atom stereocenters. The van der Waals surface area contributed by atoms with Gasteiger partial charge in [-0.05, 0) is 55.6 Å². The molecule has 0 aliphatic heterocycles. The number of oxazole rings is 1. The maximum absolute atomic E-state index is 6.11. The Morgan fingerprint density at radius 2 is 1.74 bits per heavy atom. The predicted molar refractivity (Wildman–Crippen MR) is 102 cm³/mol. The average molecular weight is 432 g/mol. The van der Waals surface area contributed by atoms with Gasteiger partial charge in [-0.1, -0.05) is 36.4 Å². The molecule has 4 aromatic rings. The second-order valence-corrected chi connectivity index (χ2v) is 6.98. The number of hydrogen-bond donors (Lipinski definition) is 1. The van der Waals surface area contributed by atoms with Crippen molar-refractivity contribution in [3.63, 3.8) is 0 Å². The van der Waals surface area contributed by atoms with Crippen LogP contribution < -0.4 is 5.73 Å². The van der Waals surface area contributed by atoms with E-state index in [0.29, 0.717) is 11.6 Å². The molecule has 114 valence electrons. The molecule has 0 fully saturated rings. The lowest BCUT2D eigenvalue weighted by Crippen LogP contribution is -1.92. The highest BCUT2D eigenvalue weighted by Gasteiger charge is 2.19. The van der Waals surface area contributed by atoms with Gasteiger partial charge in [0, 0.05) is 15.6 Å². The highest BCUT2D eigenvalue weighted by atomic mass is 79.9. The Bertz CT molecular complexity index is 1020. The Morgan fingerprint density at radius 1 is 1.00 bits per heavy atom. The summed E-state index contributed by atoms with van der Waals surface area (Å²) in [7, 11) is 0. The Hall–Kier alpha value is -1.85. The minimum absolute atomic E-state index is 0.595.